The van der Waals surface area contributed by atoms with Crippen LogP contribution in [0.2, 0.25) is 0 Å². The molecule has 0 aliphatic heterocycles. The number of phenolic OH excluding ortho intramolecular Hbond substituents is 1. The van der Waals surface area contributed by atoms with E-state index in [2.05, 4.69) is 15.9 Å². The molecule has 0 amide bonds. The Hall–Kier alpha value is -0.810. The van der Waals surface area contributed by atoms with Crippen LogP contribution in [-0.4, -0.2) is 18.8 Å². The normalized spacial score (nSPS) is 10.5. The van der Waals surface area contributed by atoms with Gasteiger partial charge in [0.05, 0.1) is 7.11 Å². The van der Waals surface area contributed by atoms with Crippen LogP contribution in [0.15, 0.2) is 10.5 Å². The van der Waals surface area contributed by atoms with E-state index in [-0.39, 0.29) is 5.75 Å². The van der Waals surface area contributed by atoms with E-state index in [1.54, 1.807) is 0 Å². The molecular formula is C11H15BrFNO2. The highest BCUT2D eigenvalue weighted by atomic mass is 79.9. The molecule has 16 heavy (non-hydrogen) atoms. The average molecular weight is 292 g/mol. The van der Waals surface area contributed by atoms with Gasteiger partial charge in [-0.25, -0.2) is 4.39 Å². The Morgan fingerprint density at radius 3 is 2.75 bits per heavy atom. The highest BCUT2D eigenvalue weighted by molar-refractivity contribution is 9.10. The van der Waals surface area contributed by atoms with Crippen LogP contribution in [0.4, 0.5) is 4.39 Å². The van der Waals surface area contributed by atoms with E-state index >= 15 is 0 Å². The number of unbranched alkanes of at least 4 members (excludes halogenated alkanes) is 1. The third kappa shape index (κ3) is 2.86. The summed E-state index contributed by atoms with van der Waals surface area (Å²) in [6.07, 6.45) is 2.44. The number of hydrogen-bond acceptors (Lipinski definition) is 3. The maximum atomic E-state index is 13.2. The van der Waals surface area contributed by atoms with Crippen LogP contribution in [0.5, 0.6) is 11.5 Å². The van der Waals surface area contributed by atoms with Gasteiger partial charge >= 0.3 is 0 Å². The monoisotopic (exact) mass is 291 g/mol. The van der Waals surface area contributed by atoms with Gasteiger partial charge in [0.25, 0.3) is 0 Å². The zero-order chi connectivity index (χ0) is 12.1. The van der Waals surface area contributed by atoms with Gasteiger partial charge in [0.2, 0.25) is 0 Å². The van der Waals surface area contributed by atoms with Crippen LogP contribution in [-0.2, 0) is 6.42 Å². The molecule has 0 fully saturated rings. The lowest BCUT2D eigenvalue weighted by atomic mass is 10.1. The molecule has 90 valence electrons. The van der Waals surface area contributed by atoms with E-state index in [4.69, 9.17) is 10.5 Å². The first kappa shape index (κ1) is 13.3. The van der Waals surface area contributed by atoms with Crippen molar-refractivity contribution in [3.05, 3.63) is 21.9 Å². The predicted molar refractivity (Wildman–Crippen MR) is 64.3 cm³/mol. The van der Waals surface area contributed by atoms with Crippen LogP contribution in [0.3, 0.4) is 0 Å². The summed E-state index contributed by atoms with van der Waals surface area (Å²) in [5.74, 6) is -0.927. The first-order valence-electron chi connectivity index (χ1n) is 5.05. The molecule has 1 aromatic carbocycles. The van der Waals surface area contributed by atoms with Gasteiger partial charge < -0.3 is 15.6 Å². The SMILES string of the molecule is COc1c(O)c(F)cc(Br)c1CCCCN. The van der Waals surface area contributed by atoms with E-state index in [1.807, 2.05) is 0 Å². The molecule has 5 heteroatoms. The van der Waals surface area contributed by atoms with Crippen molar-refractivity contribution in [2.75, 3.05) is 13.7 Å². The molecule has 0 saturated heterocycles. The van der Waals surface area contributed by atoms with Crippen molar-refractivity contribution in [2.24, 2.45) is 5.73 Å². The molecule has 0 aromatic heterocycles. The Morgan fingerprint density at radius 2 is 2.19 bits per heavy atom. The number of hydrogen-bond donors (Lipinski definition) is 2. The number of rotatable bonds is 5. The molecule has 0 atom stereocenters. The molecule has 0 heterocycles. The lowest BCUT2D eigenvalue weighted by molar-refractivity contribution is 0.352. The number of phenols is 1. The fourth-order valence-electron chi connectivity index (χ4n) is 1.53. The van der Waals surface area contributed by atoms with E-state index in [0.717, 1.165) is 18.4 Å². The van der Waals surface area contributed by atoms with Gasteiger partial charge in [-0.05, 0) is 31.9 Å². The highest BCUT2D eigenvalue weighted by Crippen LogP contribution is 2.38. The lowest BCUT2D eigenvalue weighted by Crippen LogP contribution is -2.01. The minimum Gasteiger partial charge on any atom is -0.502 e. The summed E-state index contributed by atoms with van der Waals surface area (Å²) < 4.78 is 18.8. The standard InChI is InChI=1S/C11H15BrFNO2/c1-16-11-7(4-2-3-5-14)8(12)6-9(13)10(11)15/h6,15H,2-5,14H2,1H3. The second-order valence-electron chi connectivity index (χ2n) is 3.45. The van der Waals surface area contributed by atoms with Gasteiger partial charge in [0.1, 0.15) is 0 Å². The number of aromatic hydroxyl groups is 1. The van der Waals surface area contributed by atoms with E-state index in [1.165, 1.54) is 13.2 Å². The van der Waals surface area contributed by atoms with Crippen molar-refractivity contribution in [2.45, 2.75) is 19.3 Å². The van der Waals surface area contributed by atoms with E-state index in [0.29, 0.717) is 17.4 Å². The molecular weight excluding hydrogens is 277 g/mol. The summed E-state index contributed by atoms with van der Waals surface area (Å²) in [7, 11) is 1.41. The molecule has 3 N–H and O–H groups in total. The third-order valence-electron chi connectivity index (χ3n) is 2.34. The molecule has 0 spiro atoms. The second kappa shape index (κ2) is 6.06. The Balaban J connectivity index is 3.01. The predicted octanol–water partition coefficient (Wildman–Crippen LogP) is 2.58. The summed E-state index contributed by atoms with van der Waals surface area (Å²) >= 11 is 3.26. The molecule has 0 radical (unpaired) electrons. The summed E-state index contributed by atoms with van der Waals surface area (Å²) in [6.45, 7) is 0.618. The quantitative estimate of drug-likeness (QED) is 0.820. The van der Waals surface area contributed by atoms with Crippen molar-refractivity contribution in [1.82, 2.24) is 0 Å². The number of ether oxygens (including phenoxy) is 1. The lowest BCUT2D eigenvalue weighted by Gasteiger charge is -2.12. The number of nitrogens with two attached hydrogens (primary N) is 1. The van der Waals surface area contributed by atoms with Crippen molar-refractivity contribution < 1.29 is 14.2 Å². The smallest absolute Gasteiger partial charge is 0.194 e. The fourth-order valence-corrected chi connectivity index (χ4v) is 2.10. The molecule has 1 aromatic rings. The number of halogens is 2. The van der Waals surface area contributed by atoms with Crippen molar-refractivity contribution in [3.8, 4) is 11.5 Å². The van der Waals surface area contributed by atoms with Gasteiger partial charge in [-0.15, -0.1) is 0 Å². The molecule has 1 rings (SSSR count). The molecule has 0 unspecified atom stereocenters. The Morgan fingerprint density at radius 1 is 1.50 bits per heavy atom. The Bertz CT molecular complexity index is 371. The van der Waals surface area contributed by atoms with Crippen LogP contribution in [0, 0.1) is 5.82 Å². The van der Waals surface area contributed by atoms with Crippen LogP contribution in [0.1, 0.15) is 18.4 Å². The van der Waals surface area contributed by atoms with Gasteiger partial charge in [-0.3, -0.25) is 0 Å². The van der Waals surface area contributed by atoms with Gasteiger partial charge in [-0.2, -0.15) is 0 Å². The Labute approximate surface area is 103 Å². The number of methoxy groups -OCH3 is 1. The zero-order valence-electron chi connectivity index (χ0n) is 9.09. The number of benzene rings is 1. The van der Waals surface area contributed by atoms with Crippen LogP contribution >= 0.6 is 15.9 Å². The molecule has 0 aliphatic rings. The molecule has 0 aliphatic carbocycles. The maximum Gasteiger partial charge on any atom is 0.194 e. The minimum atomic E-state index is -0.689. The summed E-state index contributed by atoms with van der Waals surface area (Å²) in [4.78, 5) is 0. The van der Waals surface area contributed by atoms with Crippen LogP contribution in [0.25, 0.3) is 0 Å². The van der Waals surface area contributed by atoms with Crippen molar-refractivity contribution in [3.63, 3.8) is 0 Å². The van der Waals surface area contributed by atoms with Crippen molar-refractivity contribution >= 4 is 15.9 Å². The maximum absolute atomic E-state index is 13.2. The van der Waals surface area contributed by atoms with E-state index < -0.39 is 11.6 Å². The summed E-state index contributed by atoms with van der Waals surface area (Å²) in [5, 5.41) is 9.51. The summed E-state index contributed by atoms with van der Waals surface area (Å²) in [6, 6.07) is 1.25. The third-order valence-corrected chi connectivity index (χ3v) is 3.05. The topological polar surface area (TPSA) is 55.5 Å². The summed E-state index contributed by atoms with van der Waals surface area (Å²) in [5.41, 5.74) is 6.18. The minimum absolute atomic E-state index is 0.198. The molecule has 0 bridgehead atoms. The first-order valence-corrected chi connectivity index (χ1v) is 5.85. The first-order chi connectivity index (χ1) is 7.61. The van der Waals surface area contributed by atoms with E-state index in [9.17, 15) is 9.50 Å². The highest BCUT2D eigenvalue weighted by Gasteiger charge is 2.16. The van der Waals surface area contributed by atoms with Gasteiger partial charge in [0.15, 0.2) is 17.3 Å². The fraction of sp³-hybridized carbons (Fsp3) is 0.455. The second-order valence-corrected chi connectivity index (χ2v) is 4.30. The van der Waals surface area contributed by atoms with Crippen molar-refractivity contribution in [1.29, 1.82) is 0 Å². The molecule has 0 saturated carbocycles. The Kier molecular flexibility index (Phi) is 5.02. The average Bonchev–Trinajstić information content (AvgIpc) is 2.26. The van der Waals surface area contributed by atoms with Gasteiger partial charge in [-0.1, -0.05) is 15.9 Å². The van der Waals surface area contributed by atoms with Gasteiger partial charge in [0, 0.05) is 10.0 Å². The van der Waals surface area contributed by atoms with Crippen LogP contribution < -0.4 is 10.5 Å². The largest absolute Gasteiger partial charge is 0.502 e. The zero-order valence-corrected chi connectivity index (χ0v) is 10.7. The molecule has 3 nitrogen and oxygen atoms in total.